The number of esters is 1. The third kappa shape index (κ3) is 3.49. The second kappa shape index (κ2) is 7.92. The fourth-order valence-electron chi connectivity index (χ4n) is 3.99. The van der Waals surface area contributed by atoms with Crippen molar-refractivity contribution < 1.29 is 9.53 Å². The van der Waals surface area contributed by atoms with Crippen LogP contribution in [-0.4, -0.2) is 5.97 Å². The van der Waals surface area contributed by atoms with E-state index in [1.165, 1.54) is 53.8 Å². The summed E-state index contributed by atoms with van der Waals surface area (Å²) in [6.07, 6.45) is 1.86. The molecule has 0 radical (unpaired) electrons. The van der Waals surface area contributed by atoms with E-state index in [2.05, 4.69) is 73.1 Å². The van der Waals surface area contributed by atoms with Crippen molar-refractivity contribution in [2.45, 2.75) is 40.5 Å². The standard InChI is InChI=1S/C25H23BrO2S/c1-5-8-17-13-18(11-12-21(17)28-16(4)27)23-19-9-6-7-10-20(19)24(26)25-22(23)14(2)15(3)29-25/h6-7,9-13H,5,8H2,1-4H3. The van der Waals surface area contributed by atoms with Crippen LogP contribution in [0.15, 0.2) is 46.9 Å². The minimum Gasteiger partial charge on any atom is -0.426 e. The first kappa shape index (κ1) is 20.1. The quantitative estimate of drug-likeness (QED) is 0.225. The first-order valence-corrected chi connectivity index (χ1v) is 11.4. The highest BCUT2D eigenvalue weighted by molar-refractivity contribution is 9.11. The number of aryl methyl sites for hydroxylation is 3. The van der Waals surface area contributed by atoms with Crippen molar-refractivity contribution in [1.29, 1.82) is 0 Å². The summed E-state index contributed by atoms with van der Waals surface area (Å²) >= 11 is 5.71. The minimum atomic E-state index is -0.282. The van der Waals surface area contributed by atoms with E-state index in [1.54, 1.807) is 0 Å². The molecular formula is C25H23BrO2S. The zero-order valence-electron chi connectivity index (χ0n) is 17.1. The summed E-state index contributed by atoms with van der Waals surface area (Å²) in [6, 6.07) is 14.8. The van der Waals surface area contributed by atoms with Crippen LogP contribution in [0.1, 0.15) is 36.3 Å². The van der Waals surface area contributed by atoms with Crippen molar-refractivity contribution >= 4 is 54.1 Å². The van der Waals surface area contributed by atoms with Gasteiger partial charge in [-0.2, -0.15) is 0 Å². The second-order valence-corrected chi connectivity index (χ2v) is 9.41. The molecule has 1 heterocycles. The van der Waals surface area contributed by atoms with E-state index in [4.69, 9.17) is 4.74 Å². The number of fused-ring (bicyclic) bond motifs is 2. The molecule has 0 bridgehead atoms. The molecule has 0 N–H and O–H groups in total. The molecule has 3 aromatic carbocycles. The normalized spacial score (nSPS) is 11.3. The largest absolute Gasteiger partial charge is 0.426 e. The Hall–Kier alpha value is -2.17. The summed E-state index contributed by atoms with van der Waals surface area (Å²) in [5.41, 5.74) is 4.82. The van der Waals surface area contributed by atoms with Crippen LogP contribution >= 0.6 is 27.3 Å². The van der Waals surface area contributed by atoms with E-state index < -0.39 is 0 Å². The van der Waals surface area contributed by atoms with Crippen LogP contribution in [0.25, 0.3) is 32.0 Å². The molecule has 4 rings (SSSR count). The monoisotopic (exact) mass is 466 g/mol. The smallest absolute Gasteiger partial charge is 0.308 e. The van der Waals surface area contributed by atoms with Crippen molar-refractivity contribution in [1.82, 2.24) is 0 Å². The topological polar surface area (TPSA) is 26.3 Å². The molecule has 2 nitrogen and oxygen atoms in total. The summed E-state index contributed by atoms with van der Waals surface area (Å²) in [7, 11) is 0. The third-order valence-electron chi connectivity index (χ3n) is 5.39. The van der Waals surface area contributed by atoms with Crippen LogP contribution in [0.4, 0.5) is 0 Å². The molecule has 0 aliphatic rings. The maximum absolute atomic E-state index is 11.5. The molecule has 0 fully saturated rings. The molecule has 0 saturated carbocycles. The van der Waals surface area contributed by atoms with Gasteiger partial charge in [-0.25, -0.2) is 0 Å². The van der Waals surface area contributed by atoms with Crippen LogP contribution in [0, 0.1) is 13.8 Å². The van der Waals surface area contributed by atoms with E-state index >= 15 is 0 Å². The lowest BCUT2D eigenvalue weighted by Crippen LogP contribution is -2.04. The Balaban J connectivity index is 2.08. The average molecular weight is 467 g/mol. The molecule has 0 atom stereocenters. The van der Waals surface area contributed by atoms with Gasteiger partial charge in [0.05, 0.1) is 4.70 Å². The van der Waals surface area contributed by atoms with E-state index in [9.17, 15) is 4.79 Å². The van der Waals surface area contributed by atoms with E-state index in [0.717, 1.165) is 18.4 Å². The zero-order chi connectivity index (χ0) is 20.7. The Kier molecular flexibility index (Phi) is 5.50. The highest BCUT2D eigenvalue weighted by Crippen LogP contribution is 2.47. The van der Waals surface area contributed by atoms with Gasteiger partial charge in [-0.3, -0.25) is 4.79 Å². The molecular weight excluding hydrogens is 444 g/mol. The molecule has 0 aliphatic carbocycles. The van der Waals surface area contributed by atoms with E-state index in [0.29, 0.717) is 5.75 Å². The van der Waals surface area contributed by atoms with Gasteiger partial charge in [0.15, 0.2) is 0 Å². The molecule has 0 spiro atoms. The first-order chi connectivity index (χ1) is 13.9. The fourth-order valence-corrected chi connectivity index (χ4v) is 5.89. The summed E-state index contributed by atoms with van der Waals surface area (Å²) in [4.78, 5) is 12.9. The molecule has 0 aliphatic heterocycles. The molecule has 4 heteroatoms. The van der Waals surface area contributed by atoms with Crippen molar-refractivity contribution in [3.05, 3.63) is 62.9 Å². The van der Waals surface area contributed by atoms with Crippen molar-refractivity contribution in [3.63, 3.8) is 0 Å². The second-order valence-electron chi connectivity index (χ2n) is 7.39. The summed E-state index contributed by atoms with van der Waals surface area (Å²) in [5, 5.41) is 3.76. The van der Waals surface area contributed by atoms with Crippen LogP contribution in [0.2, 0.25) is 0 Å². The number of benzene rings is 3. The first-order valence-electron chi connectivity index (χ1n) is 9.84. The van der Waals surface area contributed by atoms with E-state index in [1.807, 2.05) is 17.4 Å². The Morgan fingerprint density at radius 3 is 2.52 bits per heavy atom. The predicted octanol–water partition coefficient (Wildman–Crippen LogP) is 7.98. The van der Waals surface area contributed by atoms with Gasteiger partial charge >= 0.3 is 5.97 Å². The predicted molar refractivity (Wildman–Crippen MR) is 127 cm³/mol. The van der Waals surface area contributed by atoms with Crippen molar-refractivity contribution in [3.8, 4) is 16.9 Å². The Morgan fingerprint density at radius 2 is 1.83 bits per heavy atom. The molecule has 29 heavy (non-hydrogen) atoms. The molecule has 0 amide bonds. The Morgan fingerprint density at radius 1 is 1.10 bits per heavy atom. The van der Waals surface area contributed by atoms with Gasteiger partial charge in [0, 0.05) is 21.7 Å². The summed E-state index contributed by atoms with van der Waals surface area (Å²) in [5.74, 6) is 0.384. The lowest BCUT2D eigenvalue weighted by Gasteiger charge is -2.15. The lowest BCUT2D eigenvalue weighted by molar-refractivity contribution is -0.131. The number of halogens is 1. The number of ether oxygens (including phenoxy) is 1. The van der Waals surface area contributed by atoms with Gasteiger partial charge in [-0.1, -0.05) is 43.7 Å². The zero-order valence-corrected chi connectivity index (χ0v) is 19.5. The summed E-state index contributed by atoms with van der Waals surface area (Å²) in [6.45, 7) is 7.99. The van der Waals surface area contributed by atoms with Crippen LogP contribution in [-0.2, 0) is 11.2 Å². The van der Waals surface area contributed by atoms with Gasteiger partial charge in [-0.05, 0) is 81.4 Å². The minimum absolute atomic E-state index is 0.282. The number of hydrogen-bond donors (Lipinski definition) is 0. The molecule has 0 unspecified atom stereocenters. The van der Waals surface area contributed by atoms with E-state index in [-0.39, 0.29) is 5.97 Å². The summed E-state index contributed by atoms with van der Waals surface area (Å²) < 4.78 is 7.92. The molecule has 0 saturated heterocycles. The highest BCUT2D eigenvalue weighted by atomic mass is 79.9. The van der Waals surface area contributed by atoms with Crippen LogP contribution in [0.5, 0.6) is 5.75 Å². The fraction of sp³-hybridized carbons (Fsp3) is 0.240. The van der Waals surface area contributed by atoms with Gasteiger partial charge < -0.3 is 4.74 Å². The lowest BCUT2D eigenvalue weighted by atomic mass is 9.91. The van der Waals surface area contributed by atoms with Gasteiger partial charge in [-0.15, -0.1) is 11.3 Å². The number of rotatable bonds is 4. The maximum Gasteiger partial charge on any atom is 0.308 e. The van der Waals surface area contributed by atoms with Gasteiger partial charge in [0.1, 0.15) is 5.75 Å². The number of thiophene rings is 1. The number of carbonyl (C=O) groups is 1. The number of carbonyl (C=O) groups excluding carboxylic acids is 1. The Labute approximate surface area is 183 Å². The highest BCUT2D eigenvalue weighted by Gasteiger charge is 2.19. The molecule has 4 aromatic rings. The van der Waals surface area contributed by atoms with Crippen molar-refractivity contribution in [2.75, 3.05) is 0 Å². The molecule has 148 valence electrons. The average Bonchev–Trinajstić information content (AvgIpc) is 2.99. The maximum atomic E-state index is 11.5. The van der Waals surface area contributed by atoms with Gasteiger partial charge in [0.25, 0.3) is 0 Å². The van der Waals surface area contributed by atoms with Gasteiger partial charge in [0.2, 0.25) is 0 Å². The van der Waals surface area contributed by atoms with Crippen molar-refractivity contribution in [2.24, 2.45) is 0 Å². The Bertz CT molecular complexity index is 1250. The SMILES string of the molecule is CCCc1cc(-c2c3ccccc3c(Br)c3sc(C)c(C)c23)ccc1OC(C)=O. The van der Waals surface area contributed by atoms with Crippen LogP contribution < -0.4 is 4.74 Å². The number of hydrogen-bond acceptors (Lipinski definition) is 3. The van der Waals surface area contributed by atoms with Crippen LogP contribution in [0.3, 0.4) is 0 Å². The molecule has 1 aromatic heterocycles. The third-order valence-corrected chi connectivity index (χ3v) is 7.70.